The van der Waals surface area contributed by atoms with Crippen LogP contribution in [0.15, 0.2) is 162 Å². The van der Waals surface area contributed by atoms with Crippen LogP contribution in [0, 0.1) is 17.3 Å². The molecule has 6 aromatic heterocycles. The van der Waals surface area contributed by atoms with Gasteiger partial charge in [-0.2, -0.15) is 0 Å². The number of fused-ring (bicyclic) bond motifs is 6. The summed E-state index contributed by atoms with van der Waals surface area (Å²) in [6.45, 7) is 23.7. The zero-order valence-electron chi connectivity index (χ0n) is 76.9. The van der Waals surface area contributed by atoms with E-state index in [0.29, 0.717) is 11.8 Å². The molecule has 0 saturated heterocycles. The lowest BCUT2D eigenvalue weighted by molar-refractivity contribution is -0.111. The van der Waals surface area contributed by atoms with E-state index in [4.69, 9.17) is 0 Å². The number of unbranched alkanes of at least 4 members (excludes halogenated alkanes) is 36. The molecule has 2 nitrogen and oxygen atoms in total. The highest BCUT2D eigenvalue weighted by Gasteiger charge is 2.68. The minimum Gasteiger partial charge on any atom is -0.299 e. The number of thiophene rings is 6. The molecule has 2 aliphatic heterocycles. The molecule has 0 saturated carbocycles. The van der Waals surface area contributed by atoms with Crippen LogP contribution in [0.25, 0.3) is 52.9 Å². The van der Waals surface area contributed by atoms with E-state index < -0.39 is 21.6 Å². The van der Waals surface area contributed by atoms with Crippen molar-refractivity contribution in [3.05, 3.63) is 183 Å². The second-order valence-electron chi connectivity index (χ2n) is 38.3. The summed E-state index contributed by atoms with van der Waals surface area (Å²) in [5, 5.41) is 6.80. The van der Waals surface area contributed by atoms with Crippen molar-refractivity contribution in [3.8, 4) is 19.5 Å². The molecule has 10 aromatic rings. The van der Waals surface area contributed by atoms with Crippen LogP contribution in [-0.4, -0.2) is 27.0 Å². The van der Waals surface area contributed by atoms with Crippen molar-refractivity contribution < 1.29 is 9.59 Å². The van der Waals surface area contributed by atoms with Crippen molar-refractivity contribution in [2.24, 2.45) is 17.3 Å². The highest BCUT2D eigenvalue weighted by atomic mass is 32.1. The van der Waals surface area contributed by atoms with Crippen LogP contribution in [0.3, 0.4) is 0 Å². The Labute approximate surface area is 761 Å². The summed E-state index contributed by atoms with van der Waals surface area (Å²) in [5.74, 6) is 1.26. The van der Waals surface area contributed by atoms with Crippen LogP contribution in [0.2, 0.25) is 0 Å². The van der Waals surface area contributed by atoms with E-state index in [1.807, 2.05) is 11.3 Å². The highest BCUT2D eigenvalue weighted by Crippen LogP contribution is 2.60. The average Bonchev–Trinajstić information content (AvgIpc) is 1.49. The van der Waals surface area contributed by atoms with Crippen molar-refractivity contribution in [3.63, 3.8) is 0 Å². The lowest BCUT2D eigenvalue weighted by atomic mass is 9.84. The fraction of sp³-hybridized carbons (Fsp3) is 0.568. The third kappa shape index (κ3) is 23.2. The predicted molar refractivity (Wildman–Crippen MR) is 549 cm³/mol. The molecule has 10 heteroatoms. The van der Waals surface area contributed by atoms with Gasteiger partial charge in [0.1, 0.15) is 0 Å². The van der Waals surface area contributed by atoms with Crippen LogP contribution in [-0.2, 0) is 27.8 Å². The van der Waals surface area contributed by atoms with Gasteiger partial charge in [-0.3, -0.25) is 9.59 Å². The van der Waals surface area contributed by atoms with Crippen molar-refractivity contribution in [1.82, 2.24) is 0 Å². The number of carbonyl (C=O) groups excluding carboxylic acids is 2. The van der Waals surface area contributed by atoms with Crippen LogP contribution < -0.4 is 20.7 Å². The van der Waals surface area contributed by atoms with Gasteiger partial charge in [0.05, 0.1) is 28.2 Å². The number of benzene rings is 4. The maximum Gasteiger partial charge on any atom is 0.232 e. The highest BCUT2D eigenvalue weighted by molar-refractivity contribution is 7.46. The molecule has 654 valence electrons. The molecular formula is C111H154O2S6Si2. The van der Waals surface area contributed by atoms with Gasteiger partial charge in [-0.1, -0.05) is 480 Å². The van der Waals surface area contributed by atoms with Crippen LogP contribution in [0.1, 0.15) is 392 Å². The molecule has 2 aliphatic rings. The summed E-state index contributed by atoms with van der Waals surface area (Å²) in [4.78, 5) is 43.8. The van der Waals surface area contributed by atoms with Gasteiger partial charge in [0.25, 0.3) is 0 Å². The van der Waals surface area contributed by atoms with E-state index in [1.165, 1.54) is 327 Å². The fourth-order valence-electron chi connectivity index (χ4n) is 21.1. The standard InChI is InChI=1S/C111H154O2S6Si2/c1-11-17-21-25-29-33-37-41-45-53-65-84(66-54-46-42-38-34-30-26-22-18-12-2)82-90-98(92-77-78-94(114-92)106-96-97(109(113)120(106,86-69-57-49-58-70-86)87-71-59-50-60-72-87)107(111(9,10)81-15-5)121(108(96)112,88-73-61-51-62-74-88)89-75-63-52-64-76-89)116-102-100(90)118-105-103-101(119-104(102)105)91(99(117-103)93-79-80-95(115-93)110(7,8)16-6)83-85(67-55-47-43-39-35-31-27-23-19-13-3)68-56-48-44-40-36-32-28-24-20-14-4/h49-52,57-64,69-80,84-85H,11-48,53-56,65-68,81-83H2,1-10H3. The van der Waals surface area contributed by atoms with Crippen LogP contribution in [0.5, 0.6) is 0 Å². The number of allylic oxidation sites excluding steroid dienone is 3. The maximum atomic E-state index is 17.7. The molecular weight excluding hydrogens is 1610 g/mol. The average molecular weight is 1770 g/mol. The Morgan fingerprint density at radius 1 is 0.281 bits per heavy atom. The van der Waals surface area contributed by atoms with Gasteiger partial charge in [-0.05, 0) is 115 Å². The SMILES string of the molecule is CCCCCCCCCCCCC(CCCCCCCCCCCC)Cc1c(-c2ccc(C3=C4C(=O)[Si](c5ccccc5)(c5ccccc5)C(C(C)(C)CCC)=C4C(=O)[Si]3(c3ccccc3)c3ccccc3)s2)sc2c1sc1c3sc(-c4ccc(C(C)(C)CC)s4)c(CC(CCCCCCCCCCCC)CCCCCCCCCCCC)c3sc21. The molecule has 0 unspecified atom stereocenters. The van der Waals surface area contributed by atoms with Gasteiger partial charge >= 0.3 is 0 Å². The third-order valence-corrected chi connectivity index (χ3v) is 46.6. The topological polar surface area (TPSA) is 34.1 Å². The van der Waals surface area contributed by atoms with Gasteiger partial charge in [0.15, 0.2) is 10.8 Å². The molecule has 12 rings (SSSR count). The van der Waals surface area contributed by atoms with Gasteiger partial charge < -0.3 is 0 Å². The summed E-state index contributed by atoms with van der Waals surface area (Å²) in [7, 11) is -7.40. The van der Waals surface area contributed by atoms with E-state index in [-0.39, 0.29) is 16.2 Å². The van der Waals surface area contributed by atoms with Crippen molar-refractivity contribution in [1.29, 1.82) is 0 Å². The molecule has 0 N–H and O–H groups in total. The number of rotatable bonds is 60. The summed E-state index contributed by atoms with van der Waals surface area (Å²) in [5.41, 5.74) is 4.38. The van der Waals surface area contributed by atoms with E-state index in [2.05, 4.69) is 272 Å². The Balaban J connectivity index is 1.01. The molecule has 121 heavy (non-hydrogen) atoms. The zero-order valence-corrected chi connectivity index (χ0v) is 83.8. The smallest absolute Gasteiger partial charge is 0.232 e. The summed E-state index contributed by atoms with van der Waals surface area (Å²) < 4.78 is 9.23. The molecule has 0 aliphatic carbocycles. The quantitative estimate of drug-likeness (QED) is 0.0281. The van der Waals surface area contributed by atoms with Crippen molar-refractivity contribution in [2.75, 3.05) is 0 Å². The van der Waals surface area contributed by atoms with Crippen LogP contribution in [0.4, 0.5) is 0 Å². The van der Waals surface area contributed by atoms with Crippen molar-refractivity contribution in [2.45, 2.75) is 389 Å². The predicted octanol–water partition coefficient (Wildman–Crippen LogP) is 34.8. The fourth-order valence-corrected chi connectivity index (χ4v) is 40.7. The summed E-state index contributed by atoms with van der Waals surface area (Å²) >= 11 is 12.6. The first-order valence-electron chi connectivity index (χ1n) is 49.7. The lowest BCUT2D eigenvalue weighted by Crippen LogP contribution is -2.68. The Hall–Kier alpha value is -4.89. The minimum atomic E-state index is -3.76. The van der Waals surface area contributed by atoms with Crippen molar-refractivity contribution >= 4 is 149 Å². The number of hydrogen-bond acceptors (Lipinski definition) is 8. The summed E-state index contributed by atoms with van der Waals surface area (Å²) in [6, 6.07) is 53.4. The van der Waals surface area contributed by atoms with E-state index >= 15 is 9.59 Å². The monoisotopic (exact) mass is 1770 g/mol. The van der Waals surface area contributed by atoms with E-state index in [0.717, 1.165) is 72.8 Å². The van der Waals surface area contributed by atoms with E-state index in [1.54, 1.807) is 25.4 Å². The Morgan fingerprint density at radius 3 is 0.917 bits per heavy atom. The van der Waals surface area contributed by atoms with Gasteiger partial charge in [0, 0.05) is 40.4 Å². The van der Waals surface area contributed by atoms with Gasteiger partial charge in [0.2, 0.25) is 16.1 Å². The first kappa shape index (κ1) is 95.2. The van der Waals surface area contributed by atoms with Crippen LogP contribution >= 0.6 is 68.0 Å². The molecule has 8 heterocycles. The molecule has 0 atom stereocenters. The molecule has 0 bridgehead atoms. The molecule has 0 radical (unpaired) electrons. The second kappa shape index (κ2) is 48.3. The first-order valence-corrected chi connectivity index (χ1v) is 58.6. The maximum absolute atomic E-state index is 17.7. The zero-order chi connectivity index (χ0) is 84.9. The van der Waals surface area contributed by atoms with Gasteiger partial charge in [-0.15, -0.1) is 68.0 Å². The summed E-state index contributed by atoms with van der Waals surface area (Å²) in [6.07, 6.45) is 65.3. The van der Waals surface area contributed by atoms with Gasteiger partial charge in [-0.25, -0.2) is 0 Å². The Kier molecular flexibility index (Phi) is 38.0. The minimum absolute atomic E-state index is 0.134. The second-order valence-corrected chi connectivity index (χ2v) is 51.8. The molecule has 0 amide bonds. The molecule has 0 fully saturated rings. The Bertz CT molecular complexity index is 4690. The van der Waals surface area contributed by atoms with E-state index in [9.17, 15) is 0 Å². The lowest BCUT2D eigenvalue weighted by Gasteiger charge is -2.40. The first-order chi connectivity index (χ1) is 59.2. The normalized spacial score (nSPS) is 14.4. The number of carbonyl (C=O) groups is 2. The Morgan fingerprint density at radius 2 is 0.579 bits per heavy atom. The third-order valence-electron chi connectivity index (χ3n) is 28.3. The molecule has 4 aromatic carbocycles. The molecule has 0 spiro atoms. The number of hydrogen-bond donors (Lipinski definition) is 0. The largest absolute Gasteiger partial charge is 0.299 e.